The first-order valence-corrected chi connectivity index (χ1v) is 10.5. The number of ether oxygens (including phenoxy) is 1. The first kappa shape index (κ1) is 20.1. The van der Waals surface area contributed by atoms with E-state index in [-0.39, 0.29) is 25.0 Å². The number of esters is 1. The number of hydrogen-bond acceptors (Lipinski definition) is 4. The Morgan fingerprint density at radius 3 is 2.53 bits per heavy atom. The van der Waals surface area contributed by atoms with Crippen molar-refractivity contribution in [3.05, 3.63) is 64.7 Å². The summed E-state index contributed by atoms with van der Waals surface area (Å²) in [5.41, 5.74) is 4.39. The molecule has 2 aromatic rings. The molecule has 0 aliphatic heterocycles. The van der Waals surface area contributed by atoms with Crippen LogP contribution >= 0.6 is 0 Å². The number of aryl methyl sites for hydroxylation is 2. The Hall–Kier alpha value is -3.15. The second-order valence-electron chi connectivity index (χ2n) is 7.99. The van der Waals surface area contributed by atoms with E-state index < -0.39 is 11.9 Å². The third-order valence-electron chi connectivity index (χ3n) is 5.48. The molecular weight excluding hydrogens is 380 g/mol. The van der Waals surface area contributed by atoms with Gasteiger partial charge in [-0.05, 0) is 67.3 Å². The molecule has 2 aliphatic carbocycles. The predicted molar refractivity (Wildman–Crippen MR) is 113 cm³/mol. The second kappa shape index (κ2) is 9.11. The fourth-order valence-corrected chi connectivity index (χ4v) is 3.73. The van der Waals surface area contributed by atoms with E-state index in [4.69, 9.17) is 4.74 Å². The fourth-order valence-electron chi connectivity index (χ4n) is 3.73. The van der Waals surface area contributed by atoms with Crippen molar-refractivity contribution in [1.29, 1.82) is 0 Å². The number of amides is 2. The van der Waals surface area contributed by atoms with Gasteiger partial charge in [-0.15, -0.1) is 0 Å². The summed E-state index contributed by atoms with van der Waals surface area (Å²) in [6.45, 7) is -0.387. The van der Waals surface area contributed by atoms with Gasteiger partial charge in [0.1, 0.15) is 0 Å². The zero-order valence-corrected chi connectivity index (χ0v) is 16.9. The lowest BCUT2D eigenvalue weighted by Gasteiger charge is -2.16. The summed E-state index contributed by atoms with van der Waals surface area (Å²) < 4.78 is 5.15. The summed E-state index contributed by atoms with van der Waals surface area (Å²) in [5.74, 6) is -1.13. The molecule has 30 heavy (non-hydrogen) atoms. The average molecular weight is 406 g/mol. The van der Waals surface area contributed by atoms with E-state index in [2.05, 4.69) is 22.8 Å². The van der Waals surface area contributed by atoms with Gasteiger partial charge in [0.05, 0.1) is 17.7 Å². The van der Waals surface area contributed by atoms with Gasteiger partial charge in [-0.1, -0.05) is 30.3 Å². The molecule has 0 aromatic heterocycles. The molecule has 1 saturated carbocycles. The predicted octanol–water partition coefficient (Wildman–Crippen LogP) is 3.18. The van der Waals surface area contributed by atoms with Crippen molar-refractivity contribution < 1.29 is 19.1 Å². The van der Waals surface area contributed by atoms with Crippen molar-refractivity contribution in [2.24, 2.45) is 0 Å². The Morgan fingerprint density at radius 1 is 0.967 bits per heavy atom. The smallest absolute Gasteiger partial charge is 0.310 e. The van der Waals surface area contributed by atoms with Crippen molar-refractivity contribution >= 4 is 23.5 Å². The number of para-hydroxylation sites is 1. The lowest BCUT2D eigenvalue weighted by molar-refractivity contribution is -0.146. The molecule has 156 valence electrons. The van der Waals surface area contributed by atoms with Gasteiger partial charge in [0, 0.05) is 6.04 Å². The van der Waals surface area contributed by atoms with Crippen LogP contribution in [-0.2, 0) is 33.6 Å². The normalized spacial score (nSPS) is 15.1. The summed E-state index contributed by atoms with van der Waals surface area (Å²) in [7, 11) is 0. The highest BCUT2D eigenvalue weighted by Gasteiger charge is 2.25. The van der Waals surface area contributed by atoms with E-state index in [1.165, 1.54) is 24.0 Å². The molecular formula is C24H26N2O4. The molecule has 0 saturated heterocycles. The number of hydrogen-bond donors (Lipinski definition) is 2. The van der Waals surface area contributed by atoms with E-state index in [1.54, 1.807) is 24.3 Å². The van der Waals surface area contributed by atoms with Crippen molar-refractivity contribution in [2.75, 3.05) is 11.9 Å². The SMILES string of the molecule is O=C(COC(=O)Cc1ccc2c(c1)CCCC2)Nc1ccccc1C(=O)NC1CC1. The minimum absolute atomic E-state index is 0.140. The summed E-state index contributed by atoms with van der Waals surface area (Å²) in [6, 6.07) is 13.2. The zero-order chi connectivity index (χ0) is 20.9. The molecule has 0 bridgehead atoms. The molecule has 0 atom stereocenters. The topological polar surface area (TPSA) is 84.5 Å². The van der Waals surface area contributed by atoms with Crippen LogP contribution in [-0.4, -0.2) is 30.4 Å². The van der Waals surface area contributed by atoms with E-state index in [1.807, 2.05) is 6.07 Å². The molecule has 2 amide bonds. The third kappa shape index (κ3) is 5.26. The van der Waals surface area contributed by atoms with Crippen LogP contribution in [0.4, 0.5) is 5.69 Å². The summed E-state index contributed by atoms with van der Waals surface area (Å²) in [6.07, 6.45) is 6.66. The van der Waals surface area contributed by atoms with E-state index >= 15 is 0 Å². The zero-order valence-electron chi connectivity index (χ0n) is 16.9. The largest absolute Gasteiger partial charge is 0.455 e. The highest BCUT2D eigenvalue weighted by Crippen LogP contribution is 2.23. The molecule has 6 nitrogen and oxygen atoms in total. The van der Waals surface area contributed by atoms with E-state index in [0.717, 1.165) is 31.2 Å². The van der Waals surface area contributed by atoms with Crippen molar-refractivity contribution in [2.45, 2.75) is 51.0 Å². The molecule has 0 unspecified atom stereocenters. The Bertz CT molecular complexity index is 965. The number of fused-ring (bicyclic) bond motifs is 1. The molecule has 1 fully saturated rings. The van der Waals surface area contributed by atoms with Gasteiger partial charge >= 0.3 is 5.97 Å². The molecule has 2 aromatic carbocycles. The van der Waals surface area contributed by atoms with Crippen LogP contribution in [0.15, 0.2) is 42.5 Å². The highest BCUT2D eigenvalue weighted by molar-refractivity contribution is 6.04. The van der Waals surface area contributed by atoms with E-state index in [9.17, 15) is 14.4 Å². The summed E-state index contributed by atoms with van der Waals surface area (Å²) in [4.78, 5) is 36.7. The molecule has 6 heteroatoms. The Morgan fingerprint density at radius 2 is 1.73 bits per heavy atom. The molecule has 0 heterocycles. The van der Waals surface area contributed by atoms with Gasteiger partial charge in [0.2, 0.25) is 0 Å². The number of carbonyl (C=O) groups excluding carboxylic acids is 3. The first-order chi connectivity index (χ1) is 14.6. The number of rotatable bonds is 7. The lowest BCUT2D eigenvalue weighted by Crippen LogP contribution is -2.28. The van der Waals surface area contributed by atoms with Crippen LogP contribution in [0, 0.1) is 0 Å². The van der Waals surface area contributed by atoms with E-state index in [0.29, 0.717) is 11.3 Å². The summed E-state index contributed by atoms with van der Waals surface area (Å²) in [5, 5.41) is 5.58. The number of nitrogens with one attached hydrogen (secondary N) is 2. The van der Waals surface area contributed by atoms with Crippen molar-refractivity contribution in [3.8, 4) is 0 Å². The molecule has 2 aliphatic rings. The minimum atomic E-state index is -0.472. The van der Waals surface area contributed by atoms with Crippen LogP contribution in [0.5, 0.6) is 0 Å². The third-order valence-corrected chi connectivity index (χ3v) is 5.48. The maximum atomic E-state index is 12.3. The van der Waals surface area contributed by atoms with Gasteiger partial charge in [-0.3, -0.25) is 14.4 Å². The van der Waals surface area contributed by atoms with Crippen molar-refractivity contribution in [1.82, 2.24) is 5.32 Å². The molecule has 4 rings (SSSR count). The standard InChI is InChI=1S/C24H26N2O4/c27-22(26-21-8-4-3-7-20(21)24(29)25-19-11-12-19)15-30-23(28)14-16-9-10-17-5-1-2-6-18(17)13-16/h3-4,7-10,13,19H,1-2,5-6,11-12,14-15H2,(H,25,29)(H,26,27). The van der Waals surface area contributed by atoms with Crippen LogP contribution in [0.3, 0.4) is 0 Å². The fraction of sp³-hybridized carbons (Fsp3) is 0.375. The number of anilines is 1. The van der Waals surface area contributed by atoms with Gasteiger partial charge in [0.15, 0.2) is 6.61 Å². The maximum absolute atomic E-state index is 12.3. The van der Waals surface area contributed by atoms with Crippen LogP contribution in [0.25, 0.3) is 0 Å². The van der Waals surface area contributed by atoms with Gasteiger partial charge in [0.25, 0.3) is 11.8 Å². The van der Waals surface area contributed by atoms with Crippen LogP contribution < -0.4 is 10.6 Å². The maximum Gasteiger partial charge on any atom is 0.310 e. The second-order valence-corrected chi connectivity index (χ2v) is 7.99. The Labute approximate surface area is 176 Å². The average Bonchev–Trinajstić information content (AvgIpc) is 3.56. The lowest BCUT2D eigenvalue weighted by atomic mass is 9.90. The highest BCUT2D eigenvalue weighted by atomic mass is 16.5. The van der Waals surface area contributed by atoms with Gasteiger partial charge in [-0.25, -0.2) is 0 Å². The monoisotopic (exact) mass is 406 g/mol. The Balaban J connectivity index is 1.28. The van der Waals surface area contributed by atoms with Gasteiger partial charge < -0.3 is 15.4 Å². The van der Waals surface area contributed by atoms with Gasteiger partial charge in [-0.2, -0.15) is 0 Å². The minimum Gasteiger partial charge on any atom is -0.455 e. The molecule has 2 N–H and O–H groups in total. The van der Waals surface area contributed by atoms with Crippen LogP contribution in [0.1, 0.15) is 52.7 Å². The molecule has 0 spiro atoms. The quantitative estimate of drug-likeness (QED) is 0.692. The number of benzene rings is 2. The summed E-state index contributed by atoms with van der Waals surface area (Å²) >= 11 is 0. The number of carbonyl (C=O) groups is 3. The molecule has 0 radical (unpaired) electrons. The van der Waals surface area contributed by atoms with Crippen LogP contribution in [0.2, 0.25) is 0 Å². The Kier molecular flexibility index (Phi) is 6.12. The first-order valence-electron chi connectivity index (χ1n) is 10.5. The van der Waals surface area contributed by atoms with Crippen molar-refractivity contribution in [3.63, 3.8) is 0 Å².